The van der Waals surface area contributed by atoms with Crippen molar-refractivity contribution >= 4 is 23.5 Å². The molecule has 0 fully saturated rings. The van der Waals surface area contributed by atoms with Crippen molar-refractivity contribution in [3.63, 3.8) is 0 Å². The van der Waals surface area contributed by atoms with E-state index < -0.39 is 11.9 Å². The lowest BCUT2D eigenvalue weighted by Gasteiger charge is -2.11. The fourth-order valence-corrected chi connectivity index (χ4v) is 2.40. The molecule has 102 valence electrons. The highest BCUT2D eigenvalue weighted by molar-refractivity contribution is 6.36. The molecule has 0 atom stereocenters. The van der Waals surface area contributed by atoms with Gasteiger partial charge in [-0.2, -0.15) is 0 Å². The van der Waals surface area contributed by atoms with Gasteiger partial charge in [0.2, 0.25) is 0 Å². The SMILES string of the molecule is Cc1ccc(C(=O)O)c(Cl)c1-c1cccc(C(=O)O)c1. The van der Waals surface area contributed by atoms with E-state index in [1.807, 2.05) is 0 Å². The molecule has 0 amide bonds. The van der Waals surface area contributed by atoms with Gasteiger partial charge in [0.25, 0.3) is 0 Å². The van der Waals surface area contributed by atoms with Gasteiger partial charge >= 0.3 is 11.9 Å². The lowest BCUT2D eigenvalue weighted by molar-refractivity contribution is 0.0686. The Hall–Kier alpha value is -2.33. The van der Waals surface area contributed by atoms with E-state index in [0.29, 0.717) is 11.1 Å². The van der Waals surface area contributed by atoms with Crippen LogP contribution in [0.1, 0.15) is 26.3 Å². The molecule has 0 bridgehead atoms. The molecule has 0 saturated carbocycles. The van der Waals surface area contributed by atoms with E-state index >= 15 is 0 Å². The monoisotopic (exact) mass is 290 g/mol. The molecule has 0 heterocycles. The fraction of sp³-hybridized carbons (Fsp3) is 0.0667. The number of aryl methyl sites for hydroxylation is 1. The van der Waals surface area contributed by atoms with Crippen molar-refractivity contribution in [3.8, 4) is 11.1 Å². The lowest BCUT2D eigenvalue weighted by Crippen LogP contribution is -2.01. The van der Waals surface area contributed by atoms with E-state index in [-0.39, 0.29) is 16.1 Å². The molecule has 20 heavy (non-hydrogen) atoms. The third-order valence-corrected chi connectivity index (χ3v) is 3.37. The molecule has 0 spiro atoms. The summed E-state index contributed by atoms with van der Waals surface area (Å²) in [6.07, 6.45) is 0. The van der Waals surface area contributed by atoms with Crippen LogP contribution in [0.3, 0.4) is 0 Å². The highest BCUT2D eigenvalue weighted by Crippen LogP contribution is 2.34. The van der Waals surface area contributed by atoms with E-state index in [1.165, 1.54) is 18.2 Å². The summed E-state index contributed by atoms with van der Waals surface area (Å²) in [5.74, 6) is -2.17. The van der Waals surface area contributed by atoms with Crippen LogP contribution in [-0.2, 0) is 0 Å². The zero-order valence-corrected chi connectivity index (χ0v) is 11.3. The fourth-order valence-electron chi connectivity index (χ4n) is 2.00. The Morgan fingerprint density at radius 1 is 1.05 bits per heavy atom. The van der Waals surface area contributed by atoms with Crippen LogP contribution in [0, 0.1) is 6.92 Å². The number of carbonyl (C=O) groups is 2. The normalized spacial score (nSPS) is 10.3. The van der Waals surface area contributed by atoms with Gasteiger partial charge in [0.15, 0.2) is 0 Å². The molecule has 0 aliphatic heterocycles. The molecule has 2 N–H and O–H groups in total. The van der Waals surface area contributed by atoms with Gasteiger partial charge in [-0.25, -0.2) is 9.59 Å². The molecule has 0 aliphatic carbocycles. The zero-order valence-electron chi connectivity index (χ0n) is 10.6. The molecule has 2 aromatic rings. The van der Waals surface area contributed by atoms with Crippen LogP contribution in [0.25, 0.3) is 11.1 Å². The van der Waals surface area contributed by atoms with E-state index in [1.54, 1.807) is 25.1 Å². The largest absolute Gasteiger partial charge is 0.478 e. The van der Waals surface area contributed by atoms with Crippen LogP contribution in [0.15, 0.2) is 36.4 Å². The van der Waals surface area contributed by atoms with Crippen LogP contribution in [0.4, 0.5) is 0 Å². The number of aromatic carboxylic acids is 2. The second-order valence-corrected chi connectivity index (χ2v) is 4.69. The number of carboxylic acids is 2. The smallest absolute Gasteiger partial charge is 0.337 e. The molecule has 0 aromatic heterocycles. The molecule has 0 radical (unpaired) electrons. The number of benzene rings is 2. The minimum Gasteiger partial charge on any atom is -0.478 e. The Balaban J connectivity index is 2.69. The average molecular weight is 291 g/mol. The van der Waals surface area contributed by atoms with Crippen LogP contribution in [0.2, 0.25) is 5.02 Å². The maximum atomic E-state index is 11.1. The van der Waals surface area contributed by atoms with Gasteiger partial charge in [0, 0.05) is 5.56 Å². The van der Waals surface area contributed by atoms with Gasteiger partial charge in [-0.3, -0.25) is 0 Å². The summed E-state index contributed by atoms with van der Waals surface area (Å²) in [5.41, 5.74) is 2.01. The van der Waals surface area contributed by atoms with Crippen LogP contribution in [-0.4, -0.2) is 22.2 Å². The van der Waals surface area contributed by atoms with Gasteiger partial charge in [-0.1, -0.05) is 29.8 Å². The van der Waals surface area contributed by atoms with Crippen molar-refractivity contribution in [1.29, 1.82) is 0 Å². The number of hydrogen-bond donors (Lipinski definition) is 2. The average Bonchev–Trinajstić information content (AvgIpc) is 2.38. The quantitative estimate of drug-likeness (QED) is 0.903. The van der Waals surface area contributed by atoms with E-state index in [2.05, 4.69) is 0 Å². The number of carboxylic acid groups (broad SMARTS) is 2. The second kappa shape index (κ2) is 5.35. The van der Waals surface area contributed by atoms with E-state index in [9.17, 15) is 9.59 Å². The highest BCUT2D eigenvalue weighted by Gasteiger charge is 2.16. The van der Waals surface area contributed by atoms with Crippen LogP contribution in [0.5, 0.6) is 0 Å². The Kier molecular flexibility index (Phi) is 3.77. The van der Waals surface area contributed by atoms with Gasteiger partial charge < -0.3 is 10.2 Å². The van der Waals surface area contributed by atoms with E-state index in [4.69, 9.17) is 21.8 Å². The van der Waals surface area contributed by atoms with Crippen molar-refractivity contribution in [1.82, 2.24) is 0 Å². The van der Waals surface area contributed by atoms with Crippen molar-refractivity contribution in [2.75, 3.05) is 0 Å². The van der Waals surface area contributed by atoms with Crippen molar-refractivity contribution < 1.29 is 19.8 Å². The zero-order chi connectivity index (χ0) is 14.9. The predicted octanol–water partition coefficient (Wildman–Crippen LogP) is 3.71. The predicted molar refractivity (Wildman–Crippen MR) is 75.5 cm³/mol. The Bertz CT molecular complexity index is 707. The summed E-state index contributed by atoms with van der Waals surface area (Å²) in [7, 11) is 0. The number of hydrogen-bond acceptors (Lipinski definition) is 2. The summed E-state index contributed by atoms with van der Waals surface area (Å²) >= 11 is 6.15. The topological polar surface area (TPSA) is 74.6 Å². The molecular weight excluding hydrogens is 280 g/mol. The molecule has 2 aromatic carbocycles. The first-order valence-electron chi connectivity index (χ1n) is 5.78. The Morgan fingerprint density at radius 2 is 1.75 bits per heavy atom. The Morgan fingerprint density at radius 3 is 2.35 bits per heavy atom. The van der Waals surface area contributed by atoms with E-state index in [0.717, 1.165) is 5.56 Å². The minimum atomic E-state index is -1.12. The first kappa shape index (κ1) is 14.1. The number of halogens is 1. The Labute approximate surface area is 120 Å². The third-order valence-electron chi connectivity index (χ3n) is 2.98. The first-order valence-corrected chi connectivity index (χ1v) is 6.15. The van der Waals surface area contributed by atoms with Crippen molar-refractivity contribution in [2.45, 2.75) is 6.92 Å². The van der Waals surface area contributed by atoms with Gasteiger partial charge in [-0.15, -0.1) is 0 Å². The van der Waals surface area contributed by atoms with Gasteiger partial charge in [0.1, 0.15) is 0 Å². The number of rotatable bonds is 3. The molecule has 0 aliphatic rings. The molecule has 4 nitrogen and oxygen atoms in total. The molecule has 0 saturated heterocycles. The lowest BCUT2D eigenvalue weighted by atomic mass is 9.96. The summed E-state index contributed by atoms with van der Waals surface area (Å²) in [6.45, 7) is 1.79. The highest BCUT2D eigenvalue weighted by atomic mass is 35.5. The summed E-state index contributed by atoms with van der Waals surface area (Å²) in [4.78, 5) is 22.1. The molecule has 5 heteroatoms. The standard InChI is InChI=1S/C15H11ClO4/c1-8-5-6-11(15(19)20)13(16)12(8)9-3-2-4-10(7-9)14(17)18/h2-7H,1H3,(H,17,18)(H,19,20). The third kappa shape index (κ3) is 2.51. The maximum Gasteiger partial charge on any atom is 0.337 e. The molecular formula is C15H11ClO4. The summed E-state index contributed by atoms with van der Waals surface area (Å²) in [6, 6.07) is 9.33. The van der Waals surface area contributed by atoms with Crippen molar-refractivity contribution in [2.24, 2.45) is 0 Å². The molecule has 2 rings (SSSR count). The second-order valence-electron chi connectivity index (χ2n) is 4.31. The van der Waals surface area contributed by atoms with Gasteiger partial charge in [0.05, 0.1) is 16.1 Å². The van der Waals surface area contributed by atoms with Crippen LogP contribution >= 0.6 is 11.6 Å². The molecule has 0 unspecified atom stereocenters. The van der Waals surface area contributed by atoms with Gasteiger partial charge in [-0.05, 0) is 36.2 Å². The summed E-state index contributed by atoms with van der Waals surface area (Å²) < 4.78 is 0. The minimum absolute atomic E-state index is 0.00649. The van der Waals surface area contributed by atoms with Crippen LogP contribution < -0.4 is 0 Å². The first-order chi connectivity index (χ1) is 9.41. The summed E-state index contributed by atoms with van der Waals surface area (Å²) in [5, 5.41) is 18.2. The van der Waals surface area contributed by atoms with Crippen molar-refractivity contribution in [3.05, 3.63) is 58.1 Å². The maximum absolute atomic E-state index is 11.1.